The Morgan fingerprint density at radius 1 is 1.17 bits per heavy atom. The van der Waals surface area contributed by atoms with Gasteiger partial charge < -0.3 is 15.4 Å². The van der Waals surface area contributed by atoms with Crippen molar-refractivity contribution in [1.29, 1.82) is 0 Å². The zero-order chi connectivity index (χ0) is 22.3. The number of alkyl halides is 3. The van der Waals surface area contributed by atoms with Crippen molar-refractivity contribution in [3.63, 3.8) is 0 Å². The van der Waals surface area contributed by atoms with E-state index >= 15 is 0 Å². The molecule has 0 aliphatic heterocycles. The van der Waals surface area contributed by atoms with E-state index in [9.17, 15) is 22.8 Å². The molecule has 0 fully saturated rings. The molecule has 2 N–H and O–H groups in total. The molecule has 2 aromatic heterocycles. The molecule has 2 rings (SSSR count). The van der Waals surface area contributed by atoms with Gasteiger partial charge in [-0.15, -0.1) is 0 Å². The molecule has 0 aliphatic rings. The fraction of sp³-hybridized carbons (Fsp3) is 0.400. The second-order valence-corrected chi connectivity index (χ2v) is 6.53. The molecule has 0 radical (unpaired) electrons. The summed E-state index contributed by atoms with van der Waals surface area (Å²) in [5.41, 5.74) is 2.01. The lowest BCUT2D eigenvalue weighted by Gasteiger charge is -2.13. The van der Waals surface area contributed by atoms with Crippen LogP contribution in [-0.4, -0.2) is 34.6 Å². The van der Waals surface area contributed by atoms with Crippen LogP contribution in [0, 0.1) is 6.92 Å². The number of pyridine rings is 2. The Hall–Kier alpha value is -3.17. The molecule has 162 valence electrons. The number of halogens is 3. The minimum absolute atomic E-state index is 0.0778. The molecule has 0 unspecified atom stereocenters. The van der Waals surface area contributed by atoms with E-state index < -0.39 is 12.8 Å². The number of carbonyl (C=O) groups is 2. The number of anilines is 1. The first-order valence-electron chi connectivity index (χ1n) is 9.35. The molecule has 10 heteroatoms. The van der Waals surface area contributed by atoms with Crippen molar-refractivity contribution >= 4 is 17.6 Å². The number of hydrogen-bond donors (Lipinski definition) is 2. The Balaban J connectivity index is 2.06. The number of ether oxygens (including phenoxy) is 1. The number of nitrogens with zero attached hydrogens (tertiary/aromatic N) is 2. The van der Waals surface area contributed by atoms with Gasteiger partial charge >= 0.3 is 6.18 Å². The van der Waals surface area contributed by atoms with Crippen molar-refractivity contribution in [3.8, 4) is 5.88 Å². The molecule has 0 saturated carbocycles. The average Bonchev–Trinajstić information content (AvgIpc) is 2.69. The summed E-state index contributed by atoms with van der Waals surface area (Å²) in [6, 6.07) is 4.70. The Labute approximate surface area is 172 Å². The standard InChI is InChI=1S/C20H23F3N4O3/c1-4-14-7-13(10-25-19(14)30-11-20(21,22)23)9-24-18(29)15-6-12(3)26-16(8-15)27-17(28)5-2/h6-8,10H,4-5,9,11H2,1-3H3,(H,24,29)(H,26,27,28). The number of hydrogen-bond acceptors (Lipinski definition) is 5. The van der Waals surface area contributed by atoms with Gasteiger partial charge in [0.2, 0.25) is 11.8 Å². The van der Waals surface area contributed by atoms with E-state index in [2.05, 4.69) is 20.6 Å². The van der Waals surface area contributed by atoms with Gasteiger partial charge in [-0.25, -0.2) is 9.97 Å². The predicted molar refractivity (Wildman–Crippen MR) is 104 cm³/mol. The molecule has 0 aliphatic carbocycles. The summed E-state index contributed by atoms with van der Waals surface area (Å²) in [5.74, 6) is -0.396. The van der Waals surface area contributed by atoms with Crippen LogP contribution in [0.5, 0.6) is 5.88 Å². The minimum Gasteiger partial charge on any atom is -0.468 e. The highest BCUT2D eigenvalue weighted by atomic mass is 19.4. The van der Waals surface area contributed by atoms with Gasteiger partial charge in [-0.3, -0.25) is 9.59 Å². The SMILES string of the molecule is CCC(=O)Nc1cc(C(=O)NCc2cnc(OCC(F)(F)F)c(CC)c2)cc(C)n1. The van der Waals surface area contributed by atoms with Gasteiger partial charge in [-0.1, -0.05) is 13.8 Å². The Bertz CT molecular complexity index is 917. The highest BCUT2D eigenvalue weighted by Crippen LogP contribution is 2.21. The van der Waals surface area contributed by atoms with Gasteiger partial charge in [-0.2, -0.15) is 13.2 Å². The van der Waals surface area contributed by atoms with Gasteiger partial charge in [0, 0.05) is 36.0 Å². The van der Waals surface area contributed by atoms with Crippen molar-refractivity contribution in [2.75, 3.05) is 11.9 Å². The maximum absolute atomic E-state index is 12.5. The maximum atomic E-state index is 12.5. The third-order valence-electron chi connectivity index (χ3n) is 3.99. The van der Waals surface area contributed by atoms with Crippen molar-refractivity contribution in [2.24, 2.45) is 0 Å². The van der Waals surface area contributed by atoms with E-state index in [1.165, 1.54) is 12.3 Å². The smallest absolute Gasteiger partial charge is 0.422 e. The minimum atomic E-state index is -4.45. The zero-order valence-electron chi connectivity index (χ0n) is 16.9. The third-order valence-corrected chi connectivity index (χ3v) is 3.99. The highest BCUT2D eigenvalue weighted by molar-refractivity contribution is 5.96. The normalized spacial score (nSPS) is 11.1. The van der Waals surface area contributed by atoms with Crippen LogP contribution in [0.4, 0.5) is 19.0 Å². The average molecular weight is 424 g/mol. The Morgan fingerprint density at radius 3 is 2.53 bits per heavy atom. The van der Waals surface area contributed by atoms with Crippen LogP contribution in [-0.2, 0) is 17.8 Å². The molecule has 0 saturated heterocycles. The molecule has 7 nitrogen and oxygen atoms in total. The second-order valence-electron chi connectivity index (χ2n) is 6.53. The molecule has 2 amide bonds. The molecule has 30 heavy (non-hydrogen) atoms. The topological polar surface area (TPSA) is 93.2 Å². The quantitative estimate of drug-likeness (QED) is 0.676. The van der Waals surface area contributed by atoms with E-state index in [1.54, 1.807) is 32.9 Å². The van der Waals surface area contributed by atoms with Crippen molar-refractivity contribution in [2.45, 2.75) is 46.3 Å². The number of carbonyl (C=O) groups excluding carboxylic acids is 2. The lowest BCUT2D eigenvalue weighted by atomic mass is 10.1. The Kier molecular flexibility index (Phi) is 7.73. The summed E-state index contributed by atoms with van der Waals surface area (Å²) in [7, 11) is 0. The number of nitrogens with one attached hydrogen (secondary N) is 2. The summed E-state index contributed by atoms with van der Waals surface area (Å²) in [4.78, 5) is 32.1. The van der Waals surface area contributed by atoms with Crippen molar-refractivity contribution < 1.29 is 27.5 Å². The van der Waals surface area contributed by atoms with E-state index in [-0.39, 0.29) is 36.5 Å². The highest BCUT2D eigenvalue weighted by Gasteiger charge is 2.29. The van der Waals surface area contributed by atoms with Gasteiger partial charge in [0.1, 0.15) is 5.82 Å². The molecule has 0 spiro atoms. The molecular weight excluding hydrogens is 401 g/mol. The molecule has 0 aromatic carbocycles. The summed E-state index contributed by atoms with van der Waals surface area (Å²) >= 11 is 0. The van der Waals surface area contributed by atoms with E-state index in [4.69, 9.17) is 4.74 Å². The fourth-order valence-corrected chi connectivity index (χ4v) is 2.56. The first-order chi connectivity index (χ1) is 14.1. The number of rotatable bonds is 8. The molecule has 0 atom stereocenters. The lowest BCUT2D eigenvalue weighted by Crippen LogP contribution is -2.24. The third kappa shape index (κ3) is 7.02. The monoisotopic (exact) mass is 424 g/mol. The van der Waals surface area contributed by atoms with E-state index in [0.29, 0.717) is 28.8 Å². The van der Waals surface area contributed by atoms with Gasteiger partial charge in [0.15, 0.2) is 6.61 Å². The van der Waals surface area contributed by atoms with Gasteiger partial charge in [0.05, 0.1) is 0 Å². The van der Waals surface area contributed by atoms with Crippen LogP contribution in [0.25, 0.3) is 0 Å². The van der Waals surface area contributed by atoms with Crippen molar-refractivity contribution in [3.05, 3.63) is 46.8 Å². The van der Waals surface area contributed by atoms with Crippen molar-refractivity contribution in [1.82, 2.24) is 15.3 Å². The largest absolute Gasteiger partial charge is 0.468 e. The lowest BCUT2D eigenvalue weighted by molar-refractivity contribution is -0.154. The Morgan fingerprint density at radius 2 is 1.90 bits per heavy atom. The van der Waals surface area contributed by atoms with Gasteiger partial charge in [-0.05, 0) is 37.1 Å². The van der Waals surface area contributed by atoms with Crippen LogP contribution in [0.3, 0.4) is 0 Å². The summed E-state index contributed by atoms with van der Waals surface area (Å²) in [6.07, 6.45) is -2.38. The molecule has 2 aromatic rings. The van der Waals surface area contributed by atoms with Gasteiger partial charge in [0.25, 0.3) is 5.91 Å². The zero-order valence-corrected chi connectivity index (χ0v) is 16.9. The van der Waals surface area contributed by atoms with Crippen LogP contribution >= 0.6 is 0 Å². The molecular formula is C20H23F3N4O3. The first kappa shape index (κ1) is 23.1. The van der Waals surface area contributed by atoms with Crippen LogP contribution < -0.4 is 15.4 Å². The predicted octanol–water partition coefficient (Wildman–Crippen LogP) is 3.57. The maximum Gasteiger partial charge on any atom is 0.422 e. The van der Waals surface area contributed by atoms with E-state index in [1.807, 2.05) is 0 Å². The van der Waals surface area contributed by atoms with Crippen LogP contribution in [0.1, 0.15) is 47.4 Å². The summed E-state index contributed by atoms with van der Waals surface area (Å²) in [5, 5.41) is 5.34. The molecule has 0 bridgehead atoms. The number of aryl methyl sites for hydroxylation is 2. The van der Waals surface area contributed by atoms with Crippen LogP contribution in [0.2, 0.25) is 0 Å². The molecule has 2 heterocycles. The summed E-state index contributed by atoms with van der Waals surface area (Å²) in [6.45, 7) is 3.88. The second kappa shape index (κ2) is 10.0. The fourth-order valence-electron chi connectivity index (χ4n) is 2.56. The number of amides is 2. The first-order valence-corrected chi connectivity index (χ1v) is 9.35. The number of aromatic nitrogens is 2. The van der Waals surface area contributed by atoms with E-state index in [0.717, 1.165) is 0 Å². The summed E-state index contributed by atoms with van der Waals surface area (Å²) < 4.78 is 41.8. The van der Waals surface area contributed by atoms with Crippen LogP contribution in [0.15, 0.2) is 24.4 Å².